The number of carbonyl (C=O) groups excluding carboxylic acids is 1. The van der Waals surface area contributed by atoms with E-state index in [0.717, 1.165) is 25.5 Å². The normalized spacial score (nSPS) is 13.8. The summed E-state index contributed by atoms with van der Waals surface area (Å²) in [6, 6.07) is 19.3. The van der Waals surface area contributed by atoms with Crippen molar-refractivity contribution in [3.63, 3.8) is 0 Å². The predicted molar refractivity (Wildman–Crippen MR) is 116 cm³/mol. The second-order valence-electron chi connectivity index (χ2n) is 7.53. The second-order valence-corrected chi connectivity index (χ2v) is 8.64. The number of nitrogens with zero attached hydrogens (tertiary/aromatic N) is 1. The van der Waals surface area contributed by atoms with Crippen molar-refractivity contribution in [2.24, 2.45) is 0 Å². The van der Waals surface area contributed by atoms with Crippen LogP contribution in [0.2, 0.25) is 0 Å². The summed E-state index contributed by atoms with van der Waals surface area (Å²) in [5.41, 5.74) is 7.01. The van der Waals surface area contributed by atoms with Gasteiger partial charge in [0, 0.05) is 27.6 Å². The minimum absolute atomic E-state index is 0.481. The molecule has 0 radical (unpaired) electrons. The summed E-state index contributed by atoms with van der Waals surface area (Å²) in [5.74, 6) is 0. The van der Waals surface area contributed by atoms with E-state index in [1.54, 1.807) is 0 Å². The topological polar surface area (TPSA) is 22.0 Å². The zero-order valence-electron chi connectivity index (χ0n) is 16.5. The van der Waals surface area contributed by atoms with Crippen molar-refractivity contribution in [1.82, 2.24) is 4.57 Å². The molecule has 2 aromatic carbocycles. The second kappa shape index (κ2) is 8.83. The van der Waals surface area contributed by atoms with Crippen LogP contribution in [0, 0.1) is 6.92 Å². The lowest BCUT2D eigenvalue weighted by atomic mass is 9.98. The van der Waals surface area contributed by atoms with Crippen molar-refractivity contribution >= 4 is 18.0 Å². The number of aldehydes is 1. The standard InChI is InChI=1S/C25H27NOS/c1-19-23(22-13-6-3-7-14-24(22)26(19)16-17-27)18-20-10-8-9-15-25(20)28-21-11-4-2-5-12-21/h2,4-5,8-12,15,17H,3,6-7,13-14,16,18H2,1H3. The molecule has 0 saturated carbocycles. The number of hydrogen-bond acceptors (Lipinski definition) is 2. The highest BCUT2D eigenvalue weighted by molar-refractivity contribution is 7.99. The van der Waals surface area contributed by atoms with E-state index in [1.807, 2.05) is 11.8 Å². The van der Waals surface area contributed by atoms with E-state index in [4.69, 9.17) is 0 Å². The predicted octanol–water partition coefficient (Wildman–Crippen LogP) is 6.01. The first-order valence-electron chi connectivity index (χ1n) is 10.2. The van der Waals surface area contributed by atoms with Gasteiger partial charge < -0.3 is 9.36 Å². The Hall–Kier alpha value is -2.26. The summed E-state index contributed by atoms with van der Waals surface area (Å²) in [4.78, 5) is 13.9. The zero-order valence-corrected chi connectivity index (χ0v) is 17.3. The minimum atomic E-state index is 0.481. The van der Waals surface area contributed by atoms with Gasteiger partial charge in [0.2, 0.25) is 0 Å². The molecule has 1 aliphatic rings. The maximum absolute atomic E-state index is 11.3. The summed E-state index contributed by atoms with van der Waals surface area (Å²) in [6.45, 7) is 2.68. The Bertz CT molecular complexity index is 958. The van der Waals surface area contributed by atoms with E-state index in [-0.39, 0.29) is 0 Å². The van der Waals surface area contributed by atoms with Crippen molar-refractivity contribution in [1.29, 1.82) is 0 Å². The van der Waals surface area contributed by atoms with Crippen molar-refractivity contribution < 1.29 is 4.79 Å². The van der Waals surface area contributed by atoms with E-state index < -0.39 is 0 Å². The molecule has 0 atom stereocenters. The Morgan fingerprint density at radius 1 is 0.964 bits per heavy atom. The molecule has 1 aromatic heterocycles. The Kier molecular flexibility index (Phi) is 6.01. The molecule has 28 heavy (non-hydrogen) atoms. The molecule has 0 fully saturated rings. The largest absolute Gasteiger partial charge is 0.341 e. The summed E-state index contributed by atoms with van der Waals surface area (Å²) in [7, 11) is 0. The molecule has 1 aliphatic carbocycles. The molecule has 3 heteroatoms. The third-order valence-electron chi connectivity index (χ3n) is 5.79. The van der Waals surface area contributed by atoms with Crippen LogP contribution in [0.3, 0.4) is 0 Å². The van der Waals surface area contributed by atoms with E-state index in [1.165, 1.54) is 57.1 Å². The SMILES string of the molecule is Cc1c(Cc2ccccc2Sc2ccccc2)c2c(n1CC=O)CCCCC2. The van der Waals surface area contributed by atoms with Crippen LogP contribution in [-0.4, -0.2) is 10.9 Å². The fourth-order valence-electron chi connectivity index (χ4n) is 4.38. The van der Waals surface area contributed by atoms with Crippen LogP contribution in [-0.2, 0) is 30.6 Å². The Balaban J connectivity index is 1.71. The van der Waals surface area contributed by atoms with Crippen molar-refractivity contribution in [3.8, 4) is 0 Å². The summed E-state index contributed by atoms with van der Waals surface area (Å²) < 4.78 is 2.27. The van der Waals surface area contributed by atoms with Gasteiger partial charge in [-0.25, -0.2) is 0 Å². The van der Waals surface area contributed by atoms with Crippen LogP contribution >= 0.6 is 11.8 Å². The average molecular weight is 390 g/mol. The molecule has 0 saturated heterocycles. The van der Waals surface area contributed by atoms with E-state index in [0.29, 0.717) is 6.54 Å². The fraction of sp³-hybridized carbons (Fsp3) is 0.320. The summed E-state index contributed by atoms with van der Waals surface area (Å²) in [6.07, 6.45) is 8.00. The first kappa shape index (κ1) is 19.1. The van der Waals surface area contributed by atoms with Gasteiger partial charge in [0.25, 0.3) is 0 Å². The van der Waals surface area contributed by atoms with Gasteiger partial charge in [-0.3, -0.25) is 0 Å². The van der Waals surface area contributed by atoms with Gasteiger partial charge in [-0.2, -0.15) is 0 Å². The molecule has 0 bridgehead atoms. The number of carbonyl (C=O) groups is 1. The molecule has 144 valence electrons. The van der Waals surface area contributed by atoms with Gasteiger partial charge in [-0.05, 0) is 67.5 Å². The first-order chi connectivity index (χ1) is 13.8. The van der Waals surface area contributed by atoms with Crippen molar-refractivity contribution in [2.75, 3.05) is 0 Å². The van der Waals surface area contributed by atoms with Gasteiger partial charge in [0.05, 0.1) is 6.54 Å². The highest BCUT2D eigenvalue weighted by atomic mass is 32.2. The van der Waals surface area contributed by atoms with Crippen LogP contribution in [0.4, 0.5) is 0 Å². The molecule has 0 aliphatic heterocycles. The third kappa shape index (κ3) is 3.95. The van der Waals surface area contributed by atoms with Gasteiger partial charge in [0.1, 0.15) is 6.29 Å². The summed E-state index contributed by atoms with van der Waals surface area (Å²) >= 11 is 1.83. The first-order valence-corrected chi connectivity index (χ1v) is 11.0. The number of hydrogen-bond donors (Lipinski definition) is 0. The zero-order chi connectivity index (χ0) is 19.3. The molecule has 0 spiro atoms. The maximum Gasteiger partial charge on any atom is 0.139 e. The molecule has 0 N–H and O–H groups in total. The molecular formula is C25H27NOS. The van der Waals surface area contributed by atoms with Crippen LogP contribution in [0.1, 0.15) is 47.3 Å². The smallest absolute Gasteiger partial charge is 0.139 e. The van der Waals surface area contributed by atoms with E-state index >= 15 is 0 Å². The van der Waals surface area contributed by atoms with E-state index in [2.05, 4.69) is 66.1 Å². The number of rotatable bonds is 6. The molecule has 0 unspecified atom stereocenters. The lowest BCUT2D eigenvalue weighted by Gasteiger charge is -2.11. The Morgan fingerprint density at radius 3 is 2.54 bits per heavy atom. The lowest BCUT2D eigenvalue weighted by Crippen LogP contribution is -2.06. The molecule has 4 rings (SSSR count). The quantitative estimate of drug-likeness (QED) is 0.381. The Labute approximate surface area is 172 Å². The maximum atomic E-state index is 11.3. The molecule has 3 aromatic rings. The Morgan fingerprint density at radius 2 is 1.71 bits per heavy atom. The van der Waals surface area contributed by atoms with Crippen LogP contribution in [0.5, 0.6) is 0 Å². The van der Waals surface area contributed by atoms with Gasteiger partial charge in [0.15, 0.2) is 0 Å². The average Bonchev–Trinajstić information content (AvgIpc) is 2.88. The summed E-state index contributed by atoms with van der Waals surface area (Å²) in [5, 5.41) is 0. The van der Waals surface area contributed by atoms with Crippen LogP contribution in [0.25, 0.3) is 0 Å². The molecule has 0 amide bonds. The number of aromatic nitrogens is 1. The van der Waals surface area contributed by atoms with Gasteiger partial charge in [-0.1, -0.05) is 54.6 Å². The van der Waals surface area contributed by atoms with Crippen LogP contribution < -0.4 is 0 Å². The van der Waals surface area contributed by atoms with E-state index in [9.17, 15) is 4.79 Å². The van der Waals surface area contributed by atoms with Crippen LogP contribution in [0.15, 0.2) is 64.4 Å². The highest BCUT2D eigenvalue weighted by Gasteiger charge is 2.22. The number of benzene rings is 2. The minimum Gasteiger partial charge on any atom is -0.341 e. The molecule has 2 nitrogen and oxygen atoms in total. The monoisotopic (exact) mass is 389 g/mol. The van der Waals surface area contributed by atoms with Gasteiger partial charge in [-0.15, -0.1) is 0 Å². The molecule has 1 heterocycles. The van der Waals surface area contributed by atoms with Crippen molar-refractivity contribution in [2.45, 2.75) is 61.8 Å². The molecular weight excluding hydrogens is 362 g/mol. The fourth-order valence-corrected chi connectivity index (χ4v) is 5.35. The lowest BCUT2D eigenvalue weighted by molar-refractivity contribution is -0.108. The van der Waals surface area contributed by atoms with Crippen molar-refractivity contribution in [3.05, 3.63) is 82.7 Å². The van der Waals surface area contributed by atoms with Gasteiger partial charge >= 0.3 is 0 Å². The third-order valence-corrected chi connectivity index (χ3v) is 6.91. The highest BCUT2D eigenvalue weighted by Crippen LogP contribution is 2.35. The number of fused-ring (bicyclic) bond motifs is 1.